The zero-order valence-electron chi connectivity index (χ0n) is 14.5. The van der Waals surface area contributed by atoms with Crippen LogP contribution < -0.4 is 0 Å². The average Bonchev–Trinajstić information content (AvgIpc) is 3.05. The van der Waals surface area contributed by atoms with E-state index in [4.69, 9.17) is 4.98 Å². The third kappa shape index (κ3) is 2.88. The third-order valence-electron chi connectivity index (χ3n) is 4.98. The molecule has 128 valence electrons. The van der Waals surface area contributed by atoms with Crippen LogP contribution in [0.5, 0.6) is 0 Å². The molecule has 0 aliphatic carbocycles. The molecule has 3 heterocycles. The highest BCUT2D eigenvalue weighted by molar-refractivity contribution is 5.92. The monoisotopic (exact) mass is 335 g/mol. The van der Waals surface area contributed by atoms with Gasteiger partial charge in [-0.05, 0) is 56.4 Å². The van der Waals surface area contributed by atoms with Crippen molar-refractivity contribution in [2.24, 2.45) is 0 Å². The molecule has 1 saturated heterocycles. The lowest BCUT2D eigenvalue weighted by atomic mass is 10.0. The molecule has 1 N–H and O–H groups in total. The second kappa shape index (κ2) is 6.27. The first-order chi connectivity index (χ1) is 12.1. The molecule has 1 amide bonds. The second-order valence-corrected chi connectivity index (χ2v) is 6.68. The molecule has 1 aliphatic rings. The lowest BCUT2D eigenvalue weighted by Crippen LogP contribution is -2.39. The number of nitrogens with zero attached hydrogens (tertiary/aromatic N) is 4. The predicted octanol–water partition coefficient (Wildman–Crippen LogP) is 3.34. The largest absolute Gasteiger partial charge is 0.340 e. The van der Waals surface area contributed by atoms with E-state index in [0.717, 1.165) is 42.7 Å². The lowest BCUT2D eigenvalue weighted by molar-refractivity contribution is 0.0594. The number of benzene rings is 1. The molecule has 3 aromatic rings. The fourth-order valence-corrected chi connectivity index (χ4v) is 3.46. The minimum absolute atomic E-state index is 0.0451. The first-order valence-electron chi connectivity index (χ1n) is 8.67. The van der Waals surface area contributed by atoms with Crippen LogP contribution in [-0.4, -0.2) is 37.3 Å². The molecule has 0 radical (unpaired) electrons. The number of aromatic amines is 1. The number of likely N-dealkylation sites (tertiary alicyclic amines) is 1. The van der Waals surface area contributed by atoms with Crippen molar-refractivity contribution in [2.45, 2.75) is 39.2 Å². The van der Waals surface area contributed by atoms with Gasteiger partial charge in [-0.15, -0.1) is 0 Å². The molecule has 25 heavy (non-hydrogen) atoms. The van der Waals surface area contributed by atoms with Crippen LogP contribution in [-0.2, 0) is 0 Å². The number of aromatic nitrogens is 4. The van der Waals surface area contributed by atoms with Crippen LogP contribution in [0, 0.1) is 13.8 Å². The standard InChI is InChI=1S/C19H21N5O/c1-12-9-14-15(10-13(12)2)23-18(22-14)17-5-3-4-8-24(17)19(25)16-11-20-6-7-21-16/h6-7,9-11,17H,3-5,8H2,1-2H3,(H,22,23)/t17-/m0/s1. The molecule has 0 saturated carbocycles. The van der Waals surface area contributed by atoms with Gasteiger partial charge < -0.3 is 9.88 Å². The summed E-state index contributed by atoms with van der Waals surface area (Å²) in [5.74, 6) is 0.780. The van der Waals surface area contributed by atoms with Crippen LogP contribution in [0.4, 0.5) is 0 Å². The molecule has 1 aliphatic heterocycles. The Morgan fingerprint density at radius 2 is 2.04 bits per heavy atom. The molecule has 1 atom stereocenters. The number of nitrogens with one attached hydrogen (secondary N) is 1. The smallest absolute Gasteiger partial charge is 0.274 e. The predicted molar refractivity (Wildman–Crippen MR) is 95.2 cm³/mol. The first-order valence-corrected chi connectivity index (χ1v) is 8.67. The topological polar surface area (TPSA) is 74.8 Å². The van der Waals surface area contributed by atoms with Crippen LogP contribution in [0.2, 0.25) is 0 Å². The highest BCUT2D eigenvalue weighted by atomic mass is 16.2. The van der Waals surface area contributed by atoms with Gasteiger partial charge in [0.1, 0.15) is 11.5 Å². The molecule has 0 unspecified atom stereocenters. The normalized spacial score (nSPS) is 17.8. The number of aryl methyl sites for hydroxylation is 2. The number of H-pyrrole nitrogens is 1. The summed E-state index contributed by atoms with van der Waals surface area (Å²) in [5.41, 5.74) is 4.82. The van der Waals surface area contributed by atoms with Gasteiger partial charge in [0.15, 0.2) is 0 Å². The van der Waals surface area contributed by atoms with Gasteiger partial charge >= 0.3 is 0 Å². The average molecular weight is 335 g/mol. The van der Waals surface area contributed by atoms with Crippen LogP contribution >= 0.6 is 0 Å². The summed E-state index contributed by atoms with van der Waals surface area (Å²) in [5, 5.41) is 0. The van der Waals surface area contributed by atoms with E-state index in [1.165, 1.54) is 17.3 Å². The number of carbonyl (C=O) groups is 1. The number of hydrogen-bond donors (Lipinski definition) is 1. The van der Waals surface area contributed by atoms with Crippen LogP contribution in [0.25, 0.3) is 11.0 Å². The molecule has 6 nitrogen and oxygen atoms in total. The number of amides is 1. The van der Waals surface area contributed by atoms with Crippen LogP contribution in [0.1, 0.15) is 52.7 Å². The Bertz CT molecular complexity index is 879. The Labute approximate surface area is 146 Å². The number of hydrogen-bond acceptors (Lipinski definition) is 4. The van der Waals surface area contributed by atoms with Gasteiger partial charge in [-0.1, -0.05) is 0 Å². The summed E-state index contributed by atoms with van der Waals surface area (Å²) >= 11 is 0. The van der Waals surface area contributed by atoms with Gasteiger partial charge in [0.25, 0.3) is 5.91 Å². The van der Waals surface area contributed by atoms with Crippen molar-refractivity contribution in [2.75, 3.05) is 6.54 Å². The maximum absolute atomic E-state index is 12.9. The Morgan fingerprint density at radius 1 is 1.20 bits per heavy atom. The van der Waals surface area contributed by atoms with Gasteiger partial charge in [0.05, 0.1) is 23.3 Å². The van der Waals surface area contributed by atoms with Gasteiger partial charge in [0.2, 0.25) is 0 Å². The van der Waals surface area contributed by atoms with E-state index in [0.29, 0.717) is 5.69 Å². The highest BCUT2D eigenvalue weighted by Crippen LogP contribution is 2.31. The van der Waals surface area contributed by atoms with E-state index in [1.807, 2.05) is 4.90 Å². The van der Waals surface area contributed by atoms with Gasteiger partial charge in [-0.25, -0.2) is 9.97 Å². The summed E-state index contributed by atoms with van der Waals surface area (Å²) in [6.07, 6.45) is 7.65. The van der Waals surface area contributed by atoms with E-state index < -0.39 is 0 Å². The Hall–Kier alpha value is -2.76. The van der Waals surface area contributed by atoms with E-state index in [9.17, 15) is 4.79 Å². The number of fused-ring (bicyclic) bond motifs is 1. The second-order valence-electron chi connectivity index (χ2n) is 6.68. The number of piperidine rings is 1. The Balaban J connectivity index is 1.70. The third-order valence-corrected chi connectivity index (χ3v) is 4.98. The van der Waals surface area contributed by atoms with E-state index in [1.54, 1.807) is 12.4 Å². The zero-order valence-corrected chi connectivity index (χ0v) is 14.5. The quantitative estimate of drug-likeness (QED) is 0.779. The van der Waals surface area contributed by atoms with Crippen molar-refractivity contribution < 1.29 is 4.79 Å². The summed E-state index contributed by atoms with van der Waals surface area (Å²) in [6, 6.07) is 4.18. The molecule has 1 aromatic carbocycles. The maximum atomic E-state index is 12.9. The summed E-state index contributed by atoms with van der Waals surface area (Å²) in [4.78, 5) is 31.2. The number of imidazole rings is 1. The number of carbonyl (C=O) groups excluding carboxylic acids is 1. The van der Waals surface area contributed by atoms with Gasteiger partial charge in [-0.3, -0.25) is 9.78 Å². The molecule has 2 aromatic heterocycles. The van der Waals surface area contributed by atoms with Gasteiger partial charge in [-0.2, -0.15) is 0 Å². The van der Waals surface area contributed by atoms with E-state index >= 15 is 0 Å². The van der Waals surface area contributed by atoms with Crippen molar-refractivity contribution in [1.29, 1.82) is 0 Å². The Morgan fingerprint density at radius 3 is 2.84 bits per heavy atom. The molecule has 4 rings (SSSR count). The van der Waals surface area contributed by atoms with Crippen molar-refractivity contribution in [3.8, 4) is 0 Å². The van der Waals surface area contributed by atoms with Crippen LogP contribution in [0.3, 0.4) is 0 Å². The SMILES string of the molecule is Cc1cc2nc([C@@H]3CCCCN3C(=O)c3cnccn3)[nH]c2cc1C. The first kappa shape index (κ1) is 15.7. The molecular weight excluding hydrogens is 314 g/mol. The highest BCUT2D eigenvalue weighted by Gasteiger charge is 2.31. The van der Waals surface area contributed by atoms with Crippen molar-refractivity contribution in [3.63, 3.8) is 0 Å². The molecule has 6 heteroatoms. The van der Waals surface area contributed by atoms with E-state index in [2.05, 4.69) is 40.9 Å². The van der Waals surface area contributed by atoms with Gasteiger partial charge in [0, 0.05) is 18.9 Å². The molecular formula is C19H21N5O. The summed E-state index contributed by atoms with van der Waals surface area (Å²) in [7, 11) is 0. The lowest BCUT2D eigenvalue weighted by Gasteiger charge is -2.34. The fourth-order valence-electron chi connectivity index (χ4n) is 3.46. The molecule has 0 bridgehead atoms. The van der Waals surface area contributed by atoms with Crippen molar-refractivity contribution in [3.05, 3.63) is 53.4 Å². The fraction of sp³-hybridized carbons (Fsp3) is 0.368. The van der Waals surface area contributed by atoms with Crippen molar-refractivity contribution in [1.82, 2.24) is 24.8 Å². The zero-order chi connectivity index (χ0) is 17.4. The summed E-state index contributed by atoms with van der Waals surface area (Å²) < 4.78 is 0. The molecule has 0 spiro atoms. The van der Waals surface area contributed by atoms with Crippen molar-refractivity contribution >= 4 is 16.9 Å². The summed E-state index contributed by atoms with van der Waals surface area (Å²) in [6.45, 7) is 4.91. The Kier molecular flexibility index (Phi) is 3.95. The van der Waals surface area contributed by atoms with E-state index in [-0.39, 0.29) is 11.9 Å². The maximum Gasteiger partial charge on any atom is 0.274 e. The molecule has 1 fully saturated rings. The number of rotatable bonds is 2. The van der Waals surface area contributed by atoms with Crippen LogP contribution in [0.15, 0.2) is 30.7 Å². The minimum atomic E-state index is -0.0781. The minimum Gasteiger partial charge on any atom is -0.340 e.